The zero-order valence-corrected chi connectivity index (χ0v) is 16.0. The van der Waals surface area contributed by atoms with E-state index in [0.29, 0.717) is 32.8 Å². The Balaban J connectivity index is 2.00. The molecule has 6 nitrogen and oxygen atoms in total. The van der Waals surface area contributed by atoms with Crippen molar-refractivity contribution in [3.63, 3.8) is 0 Å². The van der Waals surface area contributed by atoms with Crippen LogP contribution in [0.1, 0.15) is 11.1 Å². The van der Waals surface area contributed by atoms with E-state index in [0.717, 1.165) is 0 Å². The molecule has 0 N–H and O–H groups in total. The fraction of sp³-hybridized carbons (Fsp3) is 0.158. The Labute approximate surface area is 159 Å². The molecule has 3 rings (SSSR count). The van der Waals surface area contributed by atoms with E-state index in [9.17, 15) is 4.79 Å². The van der Waals surface area contributed by atoms with Gasteiger partial charge < -0.3 is 18.9 Å². The second-order valence-electron chi connectivity index (χ2n) is 5.26. The summed E-state index contributed by atoms with van der Waals surface area (Å²) >= 11 is 3.44. The van der Waals surface area contributed by atoms with Crippen molar-refractivity contribution in [3.8, 4) is 17.2 Å². The van der Waals surface area contributed by atoms with E-state index in [4.69, 9.17) is 18.9 Å². The average Bonchev–Trinajstić information content (AvgIpc) is 3.01. The lowest BCUT2D eigenvalue weighted by Crippen LogP contribution is -2.06. The molecule has 0 saturated carbocycles. The van der Waals surface area contributed by atoms with E-state index in [1.807, 2.05) is 0 Å². The Bertz CT molecular complexity index is 920. The number of carbonyl (C=O) groups excluding carboxylic acids is 1. The standard InChI is InChI=1S/C19H16BrNO5/c1-23-12-7-8-13(14(20)10-12)18-21-15(19(22)26-18)9-11-5-4-6-16(24-2)17(11)25-3/h4-10H,1-3H3. The van der Waals surface area contributed by atoms with Gasteiger partial charge in [-0.2, -0.15) is 0 Å². The van der Waals surface area contributed by atoms with Gasteiger partial charge in [0.05, 0.1) is 26.9 Å². The summed E-state index contributed by atoms with van der Waals surface area (Å²) in [6.45, 7) is 0. The summed E-state index contributed by atoms with van der Waals surface area (Å²) in [5.41, 5.74) is 1.49. The Kier molecular flexibility index (Phi) is 5.27. The molecule has 0 radical (unpaired) electrons. The monoisotopic (exact) mass is 417 g/mol. The Morgan fingerprint density at radius 1 is 1.08 bits per heavy atom. The van der Waals surface area contributed by atoms with Crippen molar-refractivity contribution in [2.75, 3.05) is 21.3 Å². The molecule has 0 fully saturated rings. The van der Waals surface area contributed by atoms with E-state index in [-0.39, 0.29) is 11.6 Å². The number of benzene rings is 2. The number of hydrogen-bond donors (Lipinski definition) is 0. The number of cyclic esters (lactones) is 1. The number of carbonyl (C=O) groups is 1. The first-order valence-electron chi connectivity index (χ1n) is 7.65. The quantitative estimate of drug-likeness (QED) is 0.546. The van der Waals surface area contributed by atoms with E-state index < -0.39 is 5.97 Å². The number of aliphatic imine (C=N–C) groups is 1. The van der Waals surface area contributed by atoms with Crippen molar-refractivity contribution in [2.45, 2.75) is 0 Å². The van der Waals surface area contributed by atoms with Gasteiger partial charge in [0, 0.05) is 10.0 Å². The van der Waals surface area contributed by atoms with Crippen molar-refractivity contribution in [1.82, 2.24) is 0 Å². The van der Waals surface area contributed by atoms with Gasteiger partial charge in [-0.3, -0.25) is 0 Å². The maximum Gasteiger partial charge on any atom is 0.363 e. The van der Waals surface area contributed by atoms with Crippen molar-refractivity contribution in [2.24, 2.45) is 4.99 Å². The normalized spacial score (nSPS) is 14.8. The van der Waals surface area contributed by atoms with E-state index in [2.05, 4.69) is 20.9 Å². The molecular weight excluding hydrogens is 402 g/mol. The zero-order chi connectivity index (χ0) is 18.7. The predicted octanol–water partition coefficient (Wildman–Crippen LogP) is 3.82. The minimum absolute atomic E-state index is 0.175. The van der Waals surface area contributed by atoms with Crippen LogP contribution in [0.2, 0.25) is 0 Å². The molecule has 0 unspecified atom stereocenters. The maximum absolute atomic E-state index is 12.2. The summed E-state index contributed by atoms with van der Waals surface area (Å²) in [4.78, 5) is 16.6. The molecule has 0 spiro atoms. The third-order valence-electron chi connectivity index (χ3n) is 3.75. The number of methoxy groups -OCH3 is 3. The molecule has 2 aromatic rings. The maximum atomic E-state index is 12.2. The van der Waals surface area contributed by atoms with Gasteiger partial charge in [-0.15, -0.1) is 0 Å². The van der Waals surface area contributed by atoms with Crippen LogP contribution in [0.5, 0.6) is 17.2 Å². The lowest BCUT2D eigenvalue weighted by Gasteiger charge is -2.09. The van der Waals surface area contributed by atoms with Crippen LogP contribution in [0, 0.1) is 0 Å². The number of para-hydroxylation sites is 1. The van der Waals surface area contributed by atoms with Gasteiger partial charge in [-0.25, -0.2) is 9.79 Å². The highest BCUT2D eigenvalue weighted by Crippen LogP contribution is 2.33. The first kappa shape index (κ1) is 18.0. The van der Waals surface area contributed by atoms with Crippen LogP contribution < -0.4 is 14.2 Å². The largest absolute Gasteiger partial charge is 0.497 e. The van der Waals surface area contributed by atoms with Crippen LogP contribution in [0.3, 0.4) is 0 Å². The van der Waals surface area contributed by atoms with Gasteiger partial charge in [0.25, 0.3) is 0 Å². The summed E-state index contributed by atoms with van der Waals surface area (Å²) in [5.74, 6) is 1.45. The lowest BCUT2D eigenvalue weighted by molar-refractivity contribution is -0.129. The summed E-state index contributed by atoms with van der Waals surface area (Å²) < 4.78 is 21.8. The number of hydrogen-bond acceptors (Lipinski definition) is 6. The van der Waals surface area contributed by atoms with Crippen molar-refractivity contribution in [3.05, 3.63) is 57.7 Å². The van der Waals surface area contributed by atoms with Crippen LogP contribution in [0.15, 0.2) is 51.6 Å². The van der Waals surface area contributed by atoms with Gasteiger partial charge in [-0.05, 0) is 46.3 Å². The Hall–Kier alpha value is -2.80. The first-order valence-corrected chi connectivity index (χ1v) is 8.44. The minimum atomic E-state index is -0.535. The molecule has 1 aliphatic heterocycles. The first-order chi connectivity index (χ1) is 12.6. The summed E-state index contributed by atoms with van der Waals surface area (Å²) in [6.07, 6.45) is 1.61. The third-order valence-corrected chi connectivity index (χ3v) is 4.41. The van der Waals surface area contributed by atoms with Crippen molar-refractivity contribution < 1.29 is 23.7 Å². The van der Waals surface area contributed by atoms with Crippen LogP contribution in [0.4, 0.5) is 0 Å². The molecule has 26 heavy (non-hydrogen) atoms. The van der Waals surface area contributed by atoms with Crippen LogP contribution in [-0.2, 0) is 9.53 Å². The highest BCUT2D eigenvalue weighted by Gasteiger charge is 2.26. The van der Waals surface area contributed by atoms with Gasteiger partial charge in [0.15, 0.2) is 17.2 Å². The lowest BCUT2D eigenvalue weighted by atomic mass is 10.1. The fourth-order valence-corrected chi connectivity index (χ4v) is 3.02. The second kappa shape index (κ2) is 7.61. The number of ether oxygens (including phenoxy) is 4. The molecule has 0 bridgehead atoms. The second-order valence-corrected chi connectivity index (χ2v) is 6.12. The molecule has 0 amide bonds. The summed E-state index contributed by atoms with van der Waals surface area (Å²) in [7, 11) is 4.67. The smallest absolute Gasteiger partial charge is 0.363 e. The number of nitrogens with zero attached hydrogens (tertiary/aromatic N) is 1. The fourth-order valence-electron chi connectivity index (χ4n) is 2.49. The third kappa shape index (κ3) is 3.43. The SMILES string of the molecule is COc1ccc(C2=NC(=Cc3cccc(OC)c3OC)C(=O)O2)c(Br)c1. The molecule has 7 heteroatoms. The van der Waals surface area contributed by atoms with Crippen LogP contribution in [0.25, 0.3) is 6.08 Å². The van der Waals surface area contributed by atoms with Crippen molar-refractivity contribution in [1.29, 1.82) is 0 Å². The van der Waals surface area contributed by atoms with Gasteiger partial charge in [0.2, 0.25) is 5.90 Å². The minimum Gasteiger partial charge on any atom is -0.497 e. The van der Waals surface area contributed by atoms with Gasteiger partial charge in [-0.1, -0.05) is 12.1 Å². The zero-order valence-electron chi connectivity index (χ0n) is 14.4. The topological polar surface area (TPSA) is 66.3 Å². The van der Waals surface area contributed by atoms with Crippen molar-refractivity contribution >= 4 is 33.9 Å². The molecule has 2 aromatic carbocycles. The summed E-state index contributed by atoms with van der Waals surface area (Å²) in [5, 5.41) is 0. The number of halogens is 1. The molecule has 0 aromatic heterocycles. The average molecular weight is 418 g/mol. The highest BCUT2D eigenvalue weighted by atomic mass is 79.9. The summed E-state index contributed by atoms with van der Waals surface area (Å²) in [6, 6.07) is 10.7. The molecule has 0 saturated heterocycles. The Morgan fingerprint density at radius 3 is 2.54 bits per heavy atom. The molecule has 0 atom stereocenters. The van der Waals surface area contributed by atoms with Gasteiger partial charge in [0.1, 0.15) is 5.75 Å². The Morgan fingerprint density at radius 2 is 1.88 bits per heavy atom. The molecule has 1 aliphatic rings. The van der Waals surface area contributed by atoms with E-state index in [1.54, 1.807) is 56.7 Å². The molecule has 0 aliphatic carbocycles. The molecule has 1 heterocycles. The van der Waals surface area contributed by atoms with Gasteiger partial charge >= 0.3 is 5.97 Å². The number of rotatable bonds is 5. The molecule has 134 valence electrons. The number of esters is 1. The van der Waals surface area contributed by atoms with Crippen LogP contribution in [-0.4, -0.2) is 33.2 Å². The molecular formula is C19H16BrNO5. The predicted molar refractivity (Wildman–Crippen MR) is 101 cm³/mol. The highest BCUT2D eigenvalue weighted by molar-refractivity contribution is 9.10. The van der Waals surface area contributed by atoms with Crippen LogP contribution >= 0.6 is 15.9 Å². The van der Waals surface area contributed by atoms with E-state index in [1.165, 1.54) is 7.11 Å². The van der Waals surface area contributed by atoms with E-state index >= 15 is 0 Å².